The molecule has 0 aliphatic rings. The van der Waals surface area contributed by atoms with Crippen molar-refractivity contribution in [2.75, 3.05) is 13.6 Å². The van der Waals surface area contributed by atoms with Gasteiger partial charge in [0.05, 0.1) is 15.5 Å². The second-order valence-electron chi connectivity index (χ2n) is 4.95. The van der Waals surface area contributed by atoms with E-state index in [2.05, 4.69) is 0 Å². The number of hydrogen-bond acceptors (Lipinski definition) is 5. The van der Waals surface area contributed by atoms with Crippen molar-refractivity contribution in [1.29, 1.82) is 0 Å². The molecular formula is C11H15ClN2O5S. The van der Waals surface area contributed by atoms with Crippen LogP contribution in [0.4, 0.5) is 5.69 Å². The number of nitro benzene ring substituents is 1. The van der Waals surface area contributed by atoms with Crippen molar-refractivity contribution in [3.05, 3.63) is 33.3 Å². The highest BCUT2D eigenvalue weighted by Crippen LogP contribution is 2.28. The smallest absolute Gasteiger partial charge is 0.270 e. The molecule has 0 bridgehead atoms. The van der Waals surface area contributed by atoms with Crippen molar-refractivity contribution in [3.8, 4) is 0 Å². The number of halogens is 1. The lowest BCUT2D eigenvalue weighted by molar-refractivity contribution is -0.385. The molecule has 0 heterocycles. The summed E-state index contributed by atoms with van der Waals surface area (Å²) in [5, 5.41) is 20.3. The van der Waals surface area contributed by atoms with E-state index < -0.39 is 20.5 Å². The molecule has 0 aromatic heterocycles. The quantitative estimate of drug-likeness (QED) is 0.656. The maximum absolute atomic E-state index is 12.3. The Labute approximate surface area is 122 Å². The lowest BCUT2D eigenvalue weighted by Gasteiger charge is -2.25. The molecule has 0 atom stereocenters. The first-order chi connectivity index (χ1) is 8.95. The van der Waals surface area contributed by atoms with Crippen molar-refractivity contribution in [2.45, 2.75) is 24.3 Å². The van der Waals surface area contributed by atoms with Crippen LogP contribution >= 0.6 is 11.6 Å². The van der Waals surface area contributed by atoms with E-state index in [1.165, 1.54) is 20.9 Å². The van der Waals surface area contributed by atoms with Gasteiger partial charge in [0.25, 0.3) is 5.69 Å². The summed E-state index contributed by atoms with van der Waals surface area (Å²) in [5.74, 6) is 0. The van der Waals surface area contributed by atoms with Gasteiger partial charge in [-0.05, 0) is 19.9 Å². The topological polar surface area (TPSA) is 101 Å². The average Bonchev–Trinajstić information content (AvgIpc) is 2.26. The molecule has 0 spiro atoms. The van der Waals surface area contributed by atoms with Crippen molar-refractivity contribution in [2.24, 2.45) is 0 Å². The molecule has 1 aromatic carbocycles. The number of nitrogens with zero attached hydrogens (tertiary/aromatic N) is 2. The largest absolute Gasteiger partial charge is 0.389 e. The van der Waals surface area contributed by atoms with Gasteiger partial charge < -0.3 is 5.11 Å². The third-order valence-electron chi connectivity index (χ3n) is 2.42. The van der Waals surface area contributed by atoms with E-state index in [4.69, 9.17) is 11.6 Å². The van der Waals surface area contributed by atoms with Crippen LogP contribution in [0.5, 0.6) is 0 Å². The molecule has 0 saturated carbocycles. The minimum Gasteiger partial charge on any atom is -0.389 e. The number of rotatable bonds is 5. The van der Waals surface area contributed by atoms with Crippen LogP contribution in [0.25, 0.3) is 0 Å². The lowest BCUT2D eigenvalue weighted by Crippen LogP contribution is -2.39. The summed E-state index contributed by atoms with van der Waals surface area (Å²) in [5.41, 5.74) is -1.61. The molecule has 9 heteroatoms. The van der Waals surface area contributed by atoms with Gasteiger partial charge in [0, 0.05) is 25.7 Å². The summed E-state index contributed by atoms with van der Waals surface area (Å²) in [6.45, 7) is 2.73. The fraction of sp³-hybridized carbons (Fsp3) is 0.455. The van der Waals surface area contributed by atoms with Gasteiger partial charge in [0.15, 0.2) is 0 Å². The number of hydrogen-bond donors (Lipinski definition) is 1. The van der Waals surface area contributed by atoms with Gasteiger partial charge in [-0.1, -0.05) is 11.6 Å². The van der Waals surface area contributed by atoms with E-state index >= 15 is 0 Å². The van der Waals surface area contributed by atoms with Crippen LogP contribution in [0.15, 0.2) is 23.1 Å². The van der Waals surface area contributed by atoms with Crippen LogP contribution in [0.1, 0.15) is 13.8 Å². The highest BCUT2D eigenvalue weighted by Gasteiger charge is 2.29. The fourth-order valence-corrected chi connectivity index (χ4v) is 3.42. The molecule has 20 heavy (non-hydrogen) atoms. The zero-order valence-corrected chi connectivity index (χ0v) is 12.8. The summed E-state index contributed by atoms with van der Waals surface area (Å²) in [6.07, 6.45) is 0. The molecule has 1 aromatic rings. The van der Waals surface area contributed by atoms with Crippen LogP contribution in [0.2, 0.25) is 5.02 Å². The standard InChI is InChI=1S/C11H15ClN2O5S/c1-11(2,15)7-13(3)20(18,19)10-6-8(14(16)17)4-5-9(10)12/h4-6,15H,7H2,1-3H3. The van der Waals surface area contributed by atoms with E-state index in [-0.39, 0.29) is 22.2 Å². The van der Waals surface area contributed by atoms with Gasteiger partial charge in [-0.3, -0.25) is 10.1 Å². The van der Waals surface area contributed by atoms with Crippen molar-refractivity contribution in [1.82, 2.24) is 4.31 Å². The van der Waals surface area contributed by atoms with Crippen LogP contribution in [-0.4, -0.2) is 41.9 Å². The summed E-state index contributed by atoms with van der Waals surface area (Å²) in [4.78, 5) is 9.64. The Morgan fingerprint density at radius 3 is 2.45 bits per heavy atom. The molecule has 1 rings (SSSR count). The first-order valence-electron chi connectivity index (χ1n) is 5.58. The molecule has 0 aliphatic heterocycles. The first kappa shape index (κ1) is 16.8. The highest BCUT2D eigenvalue weighted by atomic mass is 35.5. The maximum Gasteiger partial charge on any atom is 0.270 e. The molecule has 0 unspecified atom stereocenters. The molecule has 7 nitrogen and oxygen atoms in total. The van der Waals surface area contributed by atoms with Gasteiger partial charge in [-0.2, -0.15) is 4.31 Å². The third kappa shape index (κ3) is 3.89. The fourth-order valence-electron chi connectivity index (χ4n) is 1.60. The minimum absolute atomic E-state index is 0.113. The van der Waals surface area contributed by atoms with Gasteiger partial charge in [0.1, 0.15) is 4.90 Å². The molecule has 0 radical (unpaired) electrons. The Morgan fingerprint density at radius 1 is 1.45 bits per heavy atom. The second kappa shape index (κ2) is 5.65. The number of sulfonamides is 1. The summed E-state index contributed by atoms with van der Waals surface area (Å²) < 4.78 is 25.5. The Kier molecular flexibility index (Phi) is 4.75. The Morgan fingerprint density at radius 2 is 2.00 bits per heavy atom. The van der Waals surface area contributed by atoms with Gasteiger partial charge in [-0.25, -0.2) is 8.42 Å². The zero-order chi connectivity index (χ0) is 15.7. The second-order valence-corrected chi connectivity index (χ2v) is 7.37. The Bertz CT molecular complexity index is 624. The normalized spacial score (nSPS) is 12.7. The predicted molar refractivity (Wildman–Crippen MR) is 74.2 cm³/mol. The SMILES string of the molecule is CN(CC(C)(C)O)S(=O)(=O)c1cc([N+](=O)[O-])ccc1Cl. The number of benzene rings is 1. The van der Waals surface area contributed by atoms with Gasteiger partial charge in [0.2, 0.25) is 10.0 Å². The van der Waals surface area contributed by atoms with Crippen LogP contribution < -0.4 is 0 Å². The Hall–Kier alpha value is -1.22. The number of non-ortho nitro benzene ring substituents is 1. The van der Waals surface area contributed by atoms with Crippen LogP contribution in [0, 0.1) is 10.1 Å². The number of aliphatic hydroxyl groups is 1. The average molecular weight is 323 g/mol. The Balaban J connectivity index is 3.28. The van der Waals surface area contributed by atoms with E-state index in [0.29, 0.717) is 0 Å². The summed E-state index contributed by atoms with van der Waals surface area (Å²) in [7, 11) is -2.76. The molecule has 112 valence electrons. The molecule has 0 aliphatic carbocycles. The summed E-state index contributed by atoms with van der Waals surface area (Å²) >= 11 is 5.81. The summed E-state index contributed by atoms with van der Waals surface area (Å²) in [6, 6.07) is 3.18. The third-order valence-corrected chi connectivity index (χ3v) is 4.71. The van der Waals surface area contributed by atoms with Gasteiger partial charge >= 0.3 is 0 Å². The highest BCUT2D eigenvalue weighted by molar-refractivity contribution is 7.89. The predicted octanol–water partition coefficient (Wildman–Crippen LogP) is 1.64. The molecule has 0 saturated heterocycles. The van der Waals surface area contributed by atoms with Crippen molar-refractivity contribution < 1.29 is 18.4 Å². The van der Waals surface area contributed by atoms with E-state index in [1.807, 2.05) is 0 Å². The van der Waals surface area contributed by atoms with Crippen LogP contribution in [0.3, 0.4) is 0 Å². The van der Waals surface area contributed by atoms with E-state index in [1.54, 1.807) is 0 Å². The van der Waals surface area contributed by atoms with Crippen molar-refractivity contribution in [3.63, 3.8) is 0 Å². The lowest BCUT2D eigenvalue weighted by atomic mass is 10.1. The van der Waals surface area contributed by atoms with E-state index in [9.17, 15) is 23.6 Å². The minimum atomic E-state index is -4.02. The monoisotopic (exact) mass is 322 g/mol. The number of likely N-dealkylation sites (N-methyl/N-ethyl adjacent to an activating group) is 1. The molecule has 0 fully saturated rings. The van der Waals surface area contributed by atoms with Crippen LogP contribution in [-0.2, 0) is 10.0 Å². The van der Waals surface area contributed by atoms with Crippen molar-refractivity contribution >= 4 is 27.3 Å². The molecule has 1 N–H and O–H groups in total. The zero-order valence-electron chi connectivity index (χ0n) is 11.2. The molecular weight excluding hydrogens is 308 g/mol. The van der Waals surface area contributed by atoms with E-state index in [0.717, 1.165) is 22.5 Å². The van der Waals surface area contributed by atoms with Gasteiger partial charge in [-0.15, -0.1) is 0 Å². The molecule has 0 amide bonds. The first-order valence-corrected chi connectivity index (χ1v) is 7.39. The maximum atomic E-state index is 12.3. The number of nitro groups is 1.